The van der Waals surface area contributed by atoms with Gasteiger partial charge in [0.2, 0.25) is 0 Å². The van der Waals surface area contributed by atoms with Gasteiger partial charge in [-0.1, -0.05) is 42.1 Å². The van der Waals surface area contributed by atoms with E-state index in [0.717, 1.165) is 33.7 Å². The topological polar surface area (TPSA) is 88.0 Å². The molecule has 146 valence electrons. The lowest BCUT2D eigenvalue weighted by atomic mass is 10.2. The molecule has 2 aromatic heterocycles. The lowest BCUT2D eigenvalue weighted by molar-refractivity contribution is -0.118. The molecule has 2 heterocycles. The van der Waals surface area contributed by atoms with Crippen molar-refractivity contribution >= 4 is 34.9 Å². The molecule has 8 heteroatoms. The number of aromatic nitrogens is 4. The number of aryl methyl sites for hydroxylation is 1. The Balaban J connectivity index is 1.37. The fourth-order valence-corrected chi connectivity index (χ4v) is 3.67. The van der Waals surface area contributed by atoms with E-state index in [-0.39, 0.29) is 11.7 Å². The molecule has 0 bridgehead atoms. The van der Waals surface area contributed by atoms with Crippen molar-refractivity contribution in [1.29, 1.82) is 0 Å². The number of rotatable bonds is 6. The molecule has 0 saturated carbocycles. The highest BCUT2D eigenvalue weighted by molar-refractivity contribution is 7.99. The van der Waals surface area contributed by atoms with Gasteiger partial charge in [-0.25, -0.2) is 15.1 Å². The van der Waals surface area contributed by atoms with Crippen LogP contribution in [0.4, 0.5) is 0 Å². The highest BCUT2D eigenvalue weighted by Gasteiger charge is 2.11. The summed E-state index contributed by atoms with van der Waals surface area (Å²) in [4.78, 5) is 19.7. The molecule has 0 saturated heterocycles. The van der Waals surface area contributed by atoms with E-state index in [2.05, 4.69) is 25.6 Å². The minimum absolute atomic E-state index is 0.197. The molecular formula is C21H20N6OS. The number of amides is 1. The van der Waals surface area contributed by atoms with Gasteiger partial charge in [0.05, 0.1) is 40.1 Å². The van der Waals surface area contributed by atoms with Crippen molar-refractivity contribution in [3.63, 3.8) is 0 Å². The van der Waals surface area contributed by atoms with Crippen LogP contribution in [0.1, 0.15) is 17.0 Å². The largest absolute Gasteiger partial charge is 0.333 e. The molecule has 0 aliphatic heterocycles. The minimum Gasteiger partial charge on any atom is -0.333 e. The van der Waals surface area contributed by atoms with Crippen LogP contribution in [0, 0.1) is 13.8 Å². The Morgan fingerprint density at radius 3 is 2.72 bits per heavy atom. The zero-order valence-corrected chi connectivity index (χ0v) is 16.9. The summed E-state index contributed by atoms with van der Waals surface area (Å²) < 4.78 is 1.87. The molecule has 4 aromatic rings. The van der Waals surface area contributed by atoms with Crippen LogP contribution >= 0.6 is 11.8 Å². The van der Waals surface area contributed by atoms with Gasteiger partial charge >= 0.3 is 0 Å². The molecule has 0 fully saturated rings. The van der Waals surface area contributed by atoms with E-state index in [1.54, 1.807) is 6.21 Å². The molecule has 0 aliphatic rings. The van der Waals surface area contributed by atoms with Crippen molar-refractivity contribution in [3.8, 4) is 5.69 Å². The third-order valence-corrected chi connectivity index (χ3v) is 5.31. The van der Waals surface area contributed by atoms with Crippen molar-refractivity contribution in [3.05, 3.63) is 71.5 Å². The SMILES string of the molecule is Cc1nn(-c2ccccc2)c(C)c1C=NNC(=O)CSc1nc2ccccc2[nH]1. The van der Waals surface area contributed by atoms with Crippen molar-refractivity contribution < 1.29 is 4.79 Å². The number of aromatic amines is 1. The molecular weight excluding hydrogens is 384 g/mol. The number of thioether (sulfide) groups is 1. The number of fused-ring (bicyclic) bond motifs is 1. The van der Waals surface area contributed by atoms with Gasteiger partial charge in [0, 0.05) is 5.56 Å². The van der Waals surface area contributed by atoms with Crippen LogP contribution in [0.25, 0.3) is 16.7 Å². The van der Waals surface area contributed by atoms with Gasteiger partial charge in [-0.05, 0) is 38.1 Å². The fourth-order valence-electron chi connectivity index (χ4n) is 2.99. The van der Waals surface area contributed by atoms with Gasteiger partial charge in [0.1, 0.15) is 0 Å². The number of imidazole rings is 1. The Morgan fingerprint density at radius 2 is 1.93 bits per heavy atom. The van der Waals surface area contributed by atoms with Gasteiger partial charge in [0.15, 0.2) is 5.16 Å². The molecule has 2 N–H and O–H groups in total. The average molecular weight is 404 g/mol. The zero-order chi connectivity index (χ0) is 20.2. The second-order valence-corrected chi connectivity index (χ2v) is 7.44. The number of nitrogens with one attached hydrogen (secondary N) is 2. The lowest BCUT2D eigenvalue weighted by Gasteiger charge is -2.03. The number of nitrogens with zero attached hydrogens (tertiary/aromatic N) is 4. The van der Waals surface area contributed by atoms with Crippen molar-refractivity contribution in [2.24, 2.45) is 5.10 Å². The Bertz CT molecular complexity index is 1150. The fraction of sp³-hybridized carbons (Fsp3) is 0.143. The van der Waals surface area contributed by atoms with E-state index in [9.17, 15) is 4.79 Å². The molecule has 7 nitrogen and oxygen atoms in total. The smallest absolute Gasteiger partial charge is 0.250 e. The number of para-hydroxylation sites is 3. The number of hydrazone groups is 1. The monoisotopic (exact) mass is 404 g/mol. The third kappa shape index (κ3) is 4.22. The third-order valence-electron chi connectivity index (χ3n) is 4.44. The summed E-state index contributed by atoms with van der Waals surface area (Å²) in [7, 11) is 0. The summed E-state index contributed by atoms with van der Waals surface area (Å²) >= 11 is 1.34. The van der Waals surface area contributed by atoms with Gasteiger partial charge in [-0.2, -0.15) is 10.2 Å². The minimum atomic E-state index is -0.197. The van der Waals surface area contributed by atoms with Gasteiger partial charge in [0.25, 0.3) is 5.91 Å². The summed E-state index contributed by atoms with van der Waals surface area (Å²) in [6.07, 6.45) is 1.64. The number of hydrogen-bond donors (Lipinski definition) is 2. The molecule has 0 spiro atoms. The normalized spacial score (nSPS) is 11.4. The van der Waals surface area contributed by atoms with Crippen LogP contribution in [0.5, 0.6) is 0 Å². The summed E-state index contributed by atoms with van der Waals surface area (Å²) in [5.74, 6) is 0.0238. The van der Waals surface area contributed by atoms with E-state index in [1.165, 1.54) is 11.8 Å². The summed E-state index contributed by atoms with van der Waals surface area (Å²) in [6.45, 7) is 3.90. The van der Waals surface area contributed by atoms with Crippen molar-refractivity contribution in [1.82, 2.24) is 25.2 Å². The van der Waals surface area contributed by atoms with E-state index in [0.29, 0.717) is 5.16 Å². The van der Waals surface area contributed by atoms with Crippen LogP contribution in [0.2, 0.25) is 0 Å². The van der Waals surface area contributed by atoms with E-state index >= 15 is 0 Å². The first-order chi connectivity index (χ1) is 14.1. The van der Waals surface area contributed by atoms with Crippen LogP contribution < -0.4 is 5.43 Å². The zero-order valence-electron chi connectivity index (χ0n) is 16.1. The van der Waals surface area contributed by atoms with E-state index in [4.69, 9.17) is 0 Å². The summed E-state index contributed by atoms with van der Waals surface area (Å²) in [6, 6.07) is 17.7. The van der Waals surface area contributed by atoms with Crippen LogP contribution in [-0.2, 0) is 4.79 Å². The van der Waals surface area contributed by atoms with Crippen molar-refractivity contribution in [2.75, 3.05) is 5.75 Å². The maximum atomic E-state index is 12.1. The first-order valence-electron chi connectivity index (χ1n) is 9.13. The van der Waals surface area contributed by atoms with Gasteiger partial charge in [-0.15, -0.1) is 0 Å². The molecule has 0 radical (unpaired) electrons. The van der Waals surface area contributed by atoms with E-state index in [1.807, 2.05) is 73.1 Å². The van der Waals surface area contributed by atoms with E-state index < -0.39 is 0 Å². The molecule has 2 aromatic carbocycles. The molecule has 1 amide bonds. The van der Waals surface area contributed by atoms with Gasteiger partial charge in [-0.3, -0.25) is 4.79 Å². The average Bonchev–Trinajstić information content (AvgIpc) is 3.28. The van der Waals surface area contributed by atoms with Crippen molar-refractivity contribution in [2.45, 2.75) is 19.0 Å². The molecule has 0 aliphatic carbocycles. The summed E-state index contributed by atoms with van der Waals surface area (Å²) in [5.41, 5.74) is 8.09. The quantitative estimate of drug-likeness (QED) is 0.292. The van der Waals surface area contributed by atoms with Gasteiger partial charge < -0.3 is 4.98 Å². The summed E-state index contributed by atoms with van der Waals surface area (Å²) in [5, 5.41) is 9.38. The first-order valence-corrected chi connectivity index (χ1v) is 10.1. The first kappa shape index (κ1) is 18.9. The molecule has 0 unspecified atom stereocenters. The van der Waals surface area contributed by atoms with Crippen LogP contribution in [0.3, 0.4) is 0 Å². The second-order valence-electron chi connectivity index (χ2n) is 6.47. The Labute approximate surface area is 172 Å². The number of H-pyrrole nitrogens is 1. The predicted molar refractivity (Wildman–Crippen MR) is 116 cm³/mol. The maximum Gasteiger partial charge on any atom is 0.250 e. The van der Waals surface area contributed by atoms with Crippen LogP contribution in [0.15, 0.2) is 64.9 Å². The second kappa shape index (κ2) is 8.32. The highest BCUT2D eigenvalue weighted by atomic mass is 32.2. The molecule has 29 heavy (non-hydrogen) atoms. The predicted octanol–water partition coefficient (Wildman–Crippen LogP) is 3.61. The maximum absolute atomic E-state index is 12.1. The Morgan fingerprint density at radius 1 is 1.17 bits per heavy atom. The number of hydrogen-bond acceptors (Lipinski definition) is 5. The molecule has 0 atom stereocenters. The Hall–Kier alpha value is -3.39. The standard InChI is InChI=1S/C21H20N6OS/c1-14-17(15(2)27(26-14)16-8-4-3-5-9-16)12-22-25-20(28)13-29-21-23-18-10-6-7-11-19(18)24-21/h3-12H,13H2,1-2H3,(H,23,24)(H,25,28). The Kier molecular flexibility index (Phi) is 5.44. The molecule has 4 rings (SSSR count). The lowest BCUT2D eigenvalue weighted by Crippen LogP contribution is -2.19. The number of benzene rings is 2. The highest BCUT2D eigenvalue weighted by Crippen LogP contribution is 2.19. The number of carbonyl (C=O) groups excluding carboxylic acids is 1. The van der Waals surface area contributed by atoms with Crippen LogP contribution in [-0.4, -0.2) is 37.6 Å². The number of carbonyl (C=O) groups is 1.